The second-order valence-electron chi connectivity index (χ2n) is 8.43. The fraction of sp³-hybridized carbons (Fsp3) is 0.895. The van der Waals surface area contributed by atoms with Crippen LogP contribution >= 0.6 is 0 Å². The third kappa shape index (κ3) is 3.50. The average molecular weight is 348 g/mol. The minimum Gasteiger partial charge on any atom is -0.374 e. The van der Waals surface area contributed by atoms with Crippen LogP contribution in [0.15, 0.2) is 4.99 Å². The van der Waals surface area contributed by atoms with E-state index in [1.165, 1.54) is 44.9 Å². The maximum atomic E-state index is 12.0. The molecule has 4 rings (SSSR count). The highest BCUT2D eigenvalue weighted by molar-refractivity contribution is 5.85. The first-order valence-electron chi connectivity index (χ1n) is 10.0. The summed E-state index contributed by atoms with van der Waals surface area (Å²) in [6.07, 6.45) is 9.74. The van der Waals surface area contributed by atoms with E-state index >= 15 is 0 Å². The average Bonchev–Trinajstić information content (AvgIpc) is 3.31. The first kappa shape index (κ1) is 17.1. The van der Waals surface area contributed by atoms with Gasteiger partial charge in [-0.25, -0.2) is 4.99 Å². The van der Waals surface area contributed by atoms with Crippen LogP contribution in [0.25, 0.3) is 0 Å². The zero-order valence-corrected chi connectivity index (χ0v) is 15.6. The largest absolute Gasteiger partial charge is 0.374 e. The molecule has 0 aromatic carbocycles. The Hall–Kier alpha value is -1.30. The summed E-state index contributed by atoms with van der Waals surface area (Å²) in [5.74, 6) is 2.32. The molecule has 1 N–H and O–H groups in total. The van der Waals surface area contributed by atoms with Gasteiger partial charge in [0.15, 0.2) is 5.96 Å². The highest BCUT2D eigenvalue weighted by atomic mass is 16.5. The molecule has 4 atom stereocenters. The summed E-state index contributed by atoms with van der Waals surface area (Å²) in [4.78, 5) is 20.8. The zero-order valence-electron chi connectivity index (χ0n) is 15.6. The number of hydrogen-bond acceptors (Lipinski definition) is 3. The van der Waals surface area contributed by atoms with Crippen LogP contribution < -0.4 is 5.32 Å². The lowest BCUT2D eigenvalue weighted by Gasteiger charge is -2.30. The normalized spacial score (nSPS) is 35.1. The second kappa shape index (κ2) is 7.14. The van der Waals surface area contributed by atoms with Crippen LogP contribution in [0, 0.1) is 11.8 Å². The molecule has 0 radical (unpaired) electrons. The van der Waals surface area contributed by atoms with Gasteiger partial charge in [-0.3, -0.25) is 4.79 Å². The van der Waals surface area contributed by atoms with Crippen LogP contribution in [-0.4, -0.2) is 73.6 Å². The Labute approximate surface area is 151 Å². The number of fused-ring (bicyclic) bond motifs is 5. The van der Waals surface area contributed by atoms with E-state index in [2.05, 4.69) is 10.2 Å². The van der Waals surface area contributed by atoms with E-state index in [0.717, 1.165) is 19.0 Å². The molecule has 4 fully saturated rings. The SMILES string of the molecule is CN(C)C(=O)CN=C(NC1CCCCC1)N1CC2C3CCC(O3)C2C1. The molecule has 1 saturated carbocycles. The van der Waals surface area contributed by atoms with Crippen LogP contribution in [0.1, 0.15) is 44.9 Å². The molecule has 0 spiro atoms. The molecule has 6 heteroatoms. The van der Waals surface area contributed by atoms with E-state index in [-0.39, 0.29) is 12.5 Å². The highest BCUT2D eigenvalue weighted by Gasteiger charge is 2.53. The zero-order chi connectivity index (χ0) is 17.4. The first-order chi connectivity index (χ1) is 12.1. The summed E-state index contributed by atoms with van der Waals surface area (Å²) < 4.78 is 6.10. The molecule has 2 bridgehead atoms. The highest BCUT2D eigenvalue weighted by Crippen LogP contribution is 2.47. The summed E-state index contributed by atoms with van der Waals surface area (Å²) in [7, 11) is 3.59. The van der Waals surface area contributed by atoms with Gasteiger partial charge in [-0.1, -0.05) is 19.3 Å². The van der Waals surface area contributed by atoms with Crippen molar-refractivity contribution in [2.24, 2.45) is 16.8 Å². The van der Waals surface area contributed by atoms with Crippen LogP contribution in [0.2, 0.25) is 0 Å². The van der Waals surface area contributed by atoms with Gasteiger partial charge in [0.1, 0.15) is 6.54 Å². The van der Waals surface area contributed by atoms with Gasteiger partial charge in [0.25, 0.3) is 0 Å². The monoisotopic (exact) mass is 348 g/mol. The molecule has 3 saturated heterocycles. The molecule has 0 aromatic heterocycles. The van der Waals surface area contributed by atoms with Crippen molar-refractivity contribution in [2.75, 3.05) is 33.7 Å². The Kier molecular flexibility index (Phi) is 4.89. The van der Waals surface area contributed by atoms with E-state index in [9.17, 15) is 4.79 Å². The number of guanidine groups is 1. The van der Waals surface area contributed by atoms with Crippen LogP contribution in [-0.2, 0) is 9.53 Å². The third-order valence-electron chi connectivity index (χ3n) is 6.55. The maximum Gasteiger partial charge on any atom is 0.243 e. The first-order valence-corrected chi connectivity index (χ1v) is 10.0. The minimum absolute atomic E-state index is 0.0609. The van der Waals surface area contributed by atoms with Crippen molar-refractivity contribution < 1.29 is 9.53 Å². The number of aliphatic imine (C=N–C) groups is 1. The molecule has 25 heavy (non-hydrogen) atoms. The molecule has 140 valence electrons. The number of likely N-dealkylation sites (tertiary alicyclic amines) is 1. The lowest BCUT2D eigenvalue weighted by molar-refractivity contribution is -0.127. The fourth-order valence-electron chi connectivity index (χ4n) is 5.08. The van der Waals surface area contributed by atoms with Gasteiger partial charge >= 0.3 is 0 Å². The molecule has 4 aliphatic rings. The van der Waals surface area contributed by atoms with Gasteiger partial charge in [0.2, 0.25) is 5.91 Å². The lowest BCUT2D eigenvalue weighted by atomic mass is 9.82. The quantitative estimate of drug-likeness (QED) is 0.620. The number of nitrogens with one attached hydrogen (secondary N) is 1. The predicted octanol–water partition coefficient (Wildman–Crippen LogP) is 1.46. The van der Waals surface area contributed by atoms with E-state index in [1.807, 2.05) is 0 Å². The Morgan fingerprint density at radius 3 is 2.32 bits per heavy atom. The van der Waals surface area contributed by atoms with Gasteiger partial charge in [0.05, 0.1) is 12.2 Å². The van der Waals surface area contributed by atoms with Crippen LogP contribution in [0.4, 0.5) is 0 Å². The van der Waals surface area contributed by atoms with Crippen molar-refractivity contribution >= 4 is 11.9 Å². The molecule has 0 aromatic rings. The van der Waals surface area contributed by atoms with Gasteiger partial charge in [-0.2, -0.15) is 0 Å². The molecule has 1 aliphatic carbocycles. The van der Waals surface area contributed by atoms with Crippen LogP contribution in [0.3, 0.4) is 0 Å². The van der Waals surface area contributed by atoms with Gasteiger partial charge < -0.3 is 19.9 Å². The standard InChI is InChI=1S/C19H32N4O2/c1-22(2)18(24)10-20-19(21-13-6-4-3-5-7-13)23-11-14-15(12-23)17-9-8-16(14)25-17/h13-17H,3-12H2,1-2H3,(H,20,21). The number of likely N-dealkylation sites (N-methyl/N-ethyl adjacent to an activating group) is 1. The lowest BCUT2D eigenvalue weighted by Crippen LogP contribution is -2.47. The van der Waals surface area contributed by atoms with E-state index in [1.54, 1.807) is 19.0 Å². The van der Waals surface area contributed by atoms with Crippen molar-refractivity contribution in [1.29, 1.82) is 0 Å². The number of carbonyl (C=O) groups excluding carboxylic acids is 1. The molecule has 3 heterocycles. The number of ether oxygens (including phenoxy) is 1. The van der Waals surface area contributed by atoms with Crippen molar-refractivity contribution in [3.05, 3.63) is 0 Å². The summed E-state index contributed by atoms with van der Waals surface area (Å²) in [6, 6.07) is 0.510. The van der Waals surface area contributed by atoms with Crippen molar-refractivity contribution in [2.45, 2.75) is 63.2 Å². The van der Waals surface area contributed by atoms with Gasteiger partial charge in [0, 0.05) is 45.1 Å². The molecule has 3 aliphatic heterocycles. The van der Waals surface area contributed by atoms with Gasteiger partial charge in [-0.15, -0.1) is 0 Å². The van der Waals surface area contributed by atoms with Crippen LogP contribution in [0.5, 0.6) is 0 Å². The number of rotatable bonds is 3. The van der Waals surface area contributed by atoms with E-state index < -0.39 is 0 Å². The fourth-order valence-corrected chi connectivity index (χ4v) is 5.08. The Balaban J connectivity index is 1.45. The Morgan fingerprint density at radius 1 is 1.08 bits per heavy atom. The number of amides is 1. The summed E-state index contributed by atoms with van der Waals surface area (Å²) in [6.45, 7) is 2.29. The molecular weight excluding hydrogens is 316 g/mol. The minimum atomic E-state index is 0.0609. The molecule has 6 nitrogen and oxygen atoms in total. The van der Waals surface area contributed by atoms with Crippen molar-refractivity contribution in [3.63, 3.8) is 0 Å². The molecular formula is C19H32N4O2. The summed E-state index contributed by atoms with van der Waals surface area (Å²) in [5.41, 5.74) is 0. The van der Waals surface area contributed by atoms with Gasteiger partial charge in [-0.05, 0) is 25.7 Å². The van der Waals surface area contributed by atoms with Crippen molar-refractivity contribution in [1.82, 2.24) is 15.1 Å². The predicted molar refractivity (Wildman–Crippen MR) is 97.5 cm³/mol. The smallest absolute Gasteiger partial charge is 0.243 e. The second-order valence-corrected chi connectivity index (χ2v) is 8.43. The number of carbonyl (C=O) groups is 1. The Bertz CT molecular complexity index is 512. The third-order valence-corrected chi connectivity index (χ3v) is 6.55. The Morgan fingerprint density at radius 2 is 1.72 bits per heavy atom. The van der Waals surface area contributed by atoms with E-state index in [0.29, 0.717) is 30.1 Å². The summed E-state index contributed by atoms with van der Waals surface area (Å²) >= 11 is 0. The number of nitrogens with zero attached hydrogens (tertiary/aromatic N) is 3. The van der Waals surface area contributed by atoms with Crippen molar-refractivity contribution in [3.8, 4) is 0 Å². The molecule has 1 amide bonds. The number of hydrogen-bond donors (Lipinski definition) is 1. The van der Waals surface area contributed by atoms with E-state index in [4.69, 9.17) is 9.73 Å². The molecule has 4 unspecified atom stereocenters. The summed E-state index contributed by atoms with van der Waals surface area (Å²) in [5, 5.41) is 3.70. The maximum absolute atomic E-state index is 12.0. The topological polar surface area (TPSA) is 57.2 Å².